The maximum absolute atomic E-state index is 12.3. The molecule has 1 unspecified atom stereocenters. The number of fused-ring (bicyclic) bond motifs is 2. The lowest BCUT2D eigenvalue weighted by Gasteiger charge is -2.33. The molecule has 6 nitrogen and oxygen atoms in total. The molecular weight excluding hydrogens is 304 g/mol. The van der Waals surface area contributed by atoms with E-state index in [1.807, 2.05) is 12.2 Å². The van der Waals surface area contributed by atoms with Crippen LogP contribution < -0.4 is 5.32 Å². The van der Waals surface area contributed by atoms with Gasteiger partial charge < -0.3 is 5.32 Å². The lowest BCUT2D eigenvalue weighted by atomic mass is 9.77. The first-order valence-electron chi connectivity index (χ1n) is 8.04. The summed E-state index contributed by atoms with van der Waals surface area (Å²) >= 11 is 0. The van der Waals surface area contributed by atoms with Gasteiger partial charge in [0.15, 0.2) is 0 Å². The van der Waals surface area contributed by atoms with Crippen LogP contribution in [0.3, 0.4) is 0 Å². The maximum Gasteiger partial charge on any atom is 0.297 e. The van der Waals surface area contributed by atoms with Gasteiger partial charge in [-0.15, -0.1) is 0 Å². The van der Waals surface area contributed by atoms with Crippen molar-refractivity contribution in [3.63, 3.8) is 0 Å². The molecule has 0 fully saturated rings. The molecule has 24 heavy (non-hydrogen) atoms. The van der Waals surface area contributed by atoms with E-state index < -0.39 is 5.91 Å². The Bertz CT molecular complexity index is 834. The van der Waals surface area contributed by atoms with Gasteiger partial charge in [0.05, 0.1) is 11.9 Å². The Labute approximate surface area is 139 Å². The molecule has 3 aliphatic rings. The van der Waals surface area contributed by atoms with Crippen molar-refractivity contribution in [3.05, 3.63) is 59.4 Å². The Morgan fingerprint density at radius 3 is 2.96 bits per heavy atom. The monoisotopic (exact) mass is 320 g/mol. The van der Waals surface area contributed by atoms with Gasteiger partial charge in [-0.05, 0) is 43.4 Å². The third-order valence-corrected chi connectivity index (χ3v) is 4.53. The van der Waals surface area contributed by atoms with Gasteiger partial charge in [-0.25, -0.2) is 9.98 Å². The second kappa shape index (κ2) is 5.96. The normalized spacial score (nSPS) is 24.2. The number of carbonyl (C=O) groups excluding carboxylic acids is 2. The number of amides is 2. The summed E-state index contributed by atoms with van der Waals surface area (Å²) < 4.78 is 0. The summed E-state index contributed by atoms with van der Waals surface area (Å²) in [7, 11) is 0. The van der Waals surface area contributed by atoms with Crippen molar-refractivity contribution >= 4 is 17.5 Å². The molecule has 0 saturated heterocycles. The molecule has 0 aromatic carbocycles. The molecule has 1 aliphatic heterocycles. The SMILES string of the molecule is O=C1NC2=CC(=NC(=O)c3cnccn3)C=CC2C2=C1CCCC2. The van der Waals surface area contributed by atoms with Crippen molar-refractivity contribution < 1.29 is 9.59 Å². The molecule has 2 amide bonds. The van der Waals surface area contributed by atoms with Crippen molar-refractivity contribution in [2.45, 2.75) is 25.7 Å². The number of allylic oxidation sites excluding steroid dienone is 3. The summed E-state index contributed by atoms with van der Waals surface area (Å²) in [6, 6.07) is 0. The van der Waals surface area contributed by atoms with Crippen LogP contribution in [0.15, 0.2) is 58.7 Å². The molecule has 0 bridgehead atoms. The lowest BCUT2D eigenvalue weighted by molar-refractivity contribution is -0.117. The number of hydrogen-bond donors (Lipinski definition) is 1. The summed E-state index contributed by atoms with van der Waals surface area (Å²) in [6.45, 7) is 0. The highest BCUT2D eigenvalue weighted by Gasteiger charge is 2.33. The molecule has 1 N–H and O–H groups in total. The minimum absolute atomic E-state index is 0.0119. The molecule has 0 spiro atoms. The third-order valence-electron chi connectivity index (χ3n) is 4.53. The standard InChI is InChI=1S/C18H16N4O2/c23-17-14-4-2-1-3-12(14)13-6-5-11(9-15(13)22-17)21-18(24)16-10-19-7-8-20-16/h5-10,13H,1-4H2,(H,22,23). The Kier molecular flexibility index (Phi) is 3.65. The average molecular weight is 320 g/mol. The van der Waals surface area contributed by atoms with E-state index in [4.69, 9.17) is 0 Å². The molecule has 120 valence electrons. The summed E-state index contributed by atoms with van der Waals surface area (Å²) in [5.74, 6) is -0.358. The number of rotatable bonds is 1. The third kappa shape index (κ3) is 2.60. The van der Waals surface area contributed by atoms with Crippen LogP contribution in [-0.2, 0) is 4.79 Å². The van der Waals surface area contributed by atoms with Gasteiger partial charge in [-0.1, -0.05) is 6.08 Å². The molecule has 1 aromatic heterocycles. The molecule has 0 saturated carbocycles. The molecule has 6 heteroatoms. The second-order valence-corrected chi connectivity index (χ2v) is 6.03. The number of aliphatic imine (C=N–C) groups is 1. The average Bonchev–Trinajstić information content (AvgIpc) is 2.62. The number of nitrogens with one attached hydrogen (secondary N) is 1. The zero-order chi connectivity index (χ0) is 16.5. The van der Waals surface area contributed by atoms with E-state index >= 15 is 0 Å². The number of carbonyl (C=O) groups is 2. The van der Waals surface area contributed by atoms with E-state index in [2.05, 4.69) is 20.3 Å². The fourth-order valence-electron chi connectivity index (χ4n) is 3.40. The summed E-state index contributed by atoms with van der Waals surface area (Å²) in [4.78, 5) is 36.3. The number of aromatic nitrogens is 2. The van der Waals surface area contributed by atoms with Gasteiger partial charge in [0.2, 0.25) is 0 Å². The Balaban J connectivity index is 1.63. The van der Waals surface area contributed by atoms with Crippen LogP contribution in [-0.4, -0.2) is 27.5 Å². The minimum atomic E-state index is -0.447. The lowest BCUT2D eigenvalue weighted by Crippen LogP contribution is -2.37. The van der Waals surface area contributed by atoms with E-state index in [0.717, 1.165) is 37.0 Å². The summed E-state index contributed by atoms with van der Waals surface area (Å²) in [5.41, 5.74) is 3.66. The van der Waals surface area contributed by atoms with Gasteiger partial charge in [0.1, 0.15) is 5.69 Å². The Morgan fingerprint density at radius 1 is 1.25 bits per heavy atom. The molecule has 1 aromatic rings. The molecule has 0 radical (unpaired) electrons. The highest BCUT2D eigenvalue weighted by Crippen LogP contribution is 2.38. The molecule has 4 rings (SSSR count). The van der Waals surface area contributed by atoms with Gasteiger partial charge in [0.25, 0.3) is 11.8 Å². The van der Waals surface area contributed by atoms with E-state index in [1.165, 1.54) is 24.2 Å². The van der Waals surface area contributed by atoms with Crippen LogP contribution in [0.4, 0.5) is 0 Å². The van der Waals surface area contributed by atoms with E-state index in [-0.39, 0.29) is 17.5 Å². The van der Waals surface area contributed by atoms with Crippen LogP contribution in [0, 0.1) is 5.92 Å². The quantitative estimate of drug-likeness (QED) is 0.859. The molecule has 1 atom stereocenters. The minimum Gasteiger partial charge on any atom is -0.325 e. The van der Waals surface area contributed by atoms with Crippen LogP contribution in [0.2, 0.25) is 0 Å². The Hall–Kier alpha value is -2.89. The van der Waals surface area contributed by atoms with Crippen molar-refractivity contribution in [3.8, 4) is 0 Å². The van der Waals surface area contributed by atoms with E-state index in [0.29, 0.717) is 5.71 Å². The van der Waals surface area contributed by atoms with Gasteiger partial charge in [-0.3, -0.25) is 14.6 Å². The molecular formula is C18H16N4O2. The fraction of sp³-hybridized carbons (Fsp3) is 0.278. The predicted molar refractivity (Wildman–Crippen MR) is 88.1 cm³/mol. The van der Waals surface area contributed by atoms with Crippen molar-refractivity contribution in [1.29, 1.82) is 0 Å². The first-order chi connectivity index (χ1) is 11.7. The first kappa shape index (κ1) is 14.7. The highest BCUT2D eigenvalue weighted by molar-refractivity contribution is 6.13. The van der Waals surface area contributed by atoms with Gasteiger partial charge in [0, 0.05) is 29.6 Å². The van der Waals surface area contributed by atoms with Crippen LogP contribution in [0.25, 0.3) is 0 Å². The highest BCUT2D eigenvalue weighted by atomic mass is 16.2. The fourth-order valence-corrected chi connectivity index (χ4v) is 3.40. The molecule has 2 heterocycles. The number of hydrogen-bond acceptors (Lipinski definition) is 4. The van der Waals surface area contributed by atoms with E-state index in [9.17, 15) is 9.59 Å². The van der Waals surface area contributed by atoms with Crippen LogP contribution in [0.5, 0.6) is 0 Å². The molecule has 2 aliphatic carbocycles. The van der Waals surface area contributed by atoms with Crippen molar-refractivity contribution in [2.75, 3.05) is 0 Å². The van der Waals surface area contributed by atoms with Crippen LogP contribution in [0.1, 0.15) is 36.2 Å². The second-order valence-electron chi connectivity index (χ2n) is 6.03. The predicted octanol–water partition coefficient (Wildman–Crippen LogP) is 2.13. The van der Waals surface area contributed by atoms with Crippen molar-refractivity contribution in [1.82, 2.24) is 15.3 Å². The zero-order valence-corrected chi connectivity index (χ0v) is 13.0. The maximum atomic E-state index is 12.3. The Morgan fingerprint density at radius 2 is 2.12 bits per heavy atom. The van der Waals surface area contributed by atoms with E-state index in [1.54, 1.807) is 6.08 Å². The van der Waals surface area contributed by atoms with Gasteiger partial charge >= 0.3 is 0 Å². The number of nitrogens with zero attached hydrogens (tertiary/aromatic N) is 3. The topological polar surface area (TPSA) is 84.3 Å². The van der Waals surface area contributed by atoms with Crippen LogP contribution >= 0.6 is 0 Å². The van der Waals surface area contributed by atoms with Gasteiger partial charge in [-0.2, -0.15) is 0 Å². The zero-order valence-electron chi connectivity index (χ0n) is 13.0. The first-order valence-corrected chi connectivity index (χ1v) is 8.04. The largest absolute Gasteiger partial charge is 0.325 e. The van der Waals surface area contributed by atoms with Crippen molar-refractivity contribution in [2.24, 2.45) is 10.9 Å². The summed E-state index contributed by atoms with van der Waals surface area (Å²) in [6.07, 6.45) is 14.0. The smallest absolute Gasteiger partial charge is 0.297 e. The summed E-state index contributed by atoms with van der Waals surface area (Å²) in [5, 5.41) is 2.95.